The van der Waals surface area contributed by atoms with E-state index in [1.54, 1.807) is 0 Å². The molecule has 5 rings (SSSR count). The van der Waals surface area contributed by atoms with Crippen LogP contribution >= 0.6 is 0 Å². The maximum Gasteiger partial charge on any atom is 0.416 e. The number of hydrogen-bond donors (Lipinski definition) is 0. The lowest BCUT2D eigenvalue weighted by molar-refractivity contribution is -0.145. The highest BCUT2D eigenvalue weighted by molar-refractivity contribution is 5.73. The molecule has 2 aliphatic heterocycles. The number of likely N-dealkylation sites (tertiary alicyclic amines) is 1. The molecule has 0 radical (unpaired) electrons. The average Bonchev–Trinajstić information content (AvgIpc) is 3.74. The second kappa shape index (κ2) is 10.3. The van der Waals surface area contributed by atoms with E-state index in [0.29, 0.717) is 19.0 Å². The first-order valence-corrected chi connectivity index (χ1v) is 13.3. The van der Waals surface area contributed by atoms with Gasteiger partial charge in [0.15, 0.2) is 0 Å². The van der Waals surface area contributed by atoms with Crippen molar-refractivity contribution < 1.29 is 27.4 Å². The zero-order valence-corrected chi connectivity index (χ0v) is 21.8. The minimum absolute atomic E-state index is 0.100. The summed E-state index contributed by atoms with van der Waals surface area (Å²) in [5.41, 5.74) is 1.61. The van der Waals surface area contributed by atoms with Crippen molar-refractivity contribution in [3.05, 3.63) is 64.2 Å². The summed E-state index contributed by atoms with van der Waals surface area (Å²) in [6, 6.07) is 11.9. The number of piperidine rings is 1. The number of esters is 1. The lowest BCUT2D eigenvalue weighted by Crippen LogP contribution is -2.49. The quantitative estimate of drug-likeness (QED) is 0.417. The number of halogens is 3. The van der Waals surface area contributed by atoms with Crippen LogP contribution in [0.15, 0.2) is 36.4 Å². The first kappa shape index (κ1) is 26.6. The fraction of sp³-hybridized carbons (Fsp3) is 0.533. The number of aryl methyl sites for hydroxylation is 1. The minimum atomic E-state index is -4.46. The third-order valence-electron chi connectivity index (χ3n) is 8.60. The number of rotatable bonds is 6. The highest BCUT2D eigenvalue weighted by Gasteiger charge is 2.42. The van der Waals surface area contributed by atoms with Crippen molar-refractivity contribution in [2.45, 2.75) is 69.7 Å². The molecule has 2 atom stereocenters. The van der Waals surface area contributed by atoms with Gasteiger partial charge in [0.1, 0.15) is 11.4 Å². The molecule has 2 aromatic carbocycles. The Kier molecular flexibility index (Phi) is 7.17. The predicted octanol–water partition coefficient (Wildman–Crippen LogP) is 6.24. The maximum atomic E-state index is 13.6. The Morgan fingerprint density at radius 3 is 2.55 bits per heavy atom. The van der Waals surface area contributed by atoms with Gasteiger partial charge in [0.2, 0.25) is 0 Å². The molecule has 3 aliphatic rings. The van der Waals surface area contributed by atoms with Crippen molar-refractivity contribution in [2.24, 2.45) is 11.8 Å². The van der Waals surface area contributed by atoms with E-state index in [-0.39, 0.29) is 41.1 Å². The normalized spacial score (nSPS) is 20.6. The minimum Gasteiger partial charge on any atom is -0.487 e. The molecule has 1 saturated carbocycles. The number of benzene rings is 2. The molecule has 0 amide bonds. The Balaban J connectivity index is 1.29. The van der Waals surface area contributed by atoms with Gasteiger partial charge in [-0.2, -0.15) is 18.4 Å². The lowest BCUT2D eigenvalue weighted by Gasteiger charge is -2.45. The summed E-state index contributed by atoms with van der Waals surface area (Å²) in [4.78, 5) is 14.3. The molecule has 0 bridgehead atoms. The number of carbonyl (C=O) groups excluding carboxylic acids is 1. The van der Waals surface area contributed by atoms with Crippen LogP contribution in [0.3, 0.4) is 0 Å². The van der Waals surface area contributed by atoms with Gasteiger partial charge >= 0.3 is 12.1 Å². The Morgan fingerprint density at radius 1 is 1.18 bits per heavy atom. The molecular weight excluding hydrogens is 493 g/mol. The van der Waals surface area contributed by atoms with Gasteiger partial charge in [0.05, 0.1) is 30.2 Å². The number of nitrogens with zero attached hydrogens (tertiary/aromatic N) is 2. The number of methoxy groups -OCH3 is 1. The van der Waals surface area contributed by atoms with Gasteiger partial charge in [-0.05, 0) is 91.3 Å². The van der Waals surface area contributed by atoms with Crippen molar-refractivity contribution in [3.63, 3.8) is 0 Å². The van der Waals surface area contributed by atoms with Crippen LogP contribution in [0.1, 0.15) is 72.8 Å². The van der Waals surface area contributed by atoms with Crippen molar-refractivity contribution in [1.82, 2.24) is 4.90 Å². The molecule has 5 nitrogen and oxygen atoms in total. The number of carbonyl (C=O) groups is 1. The van der Waals surface area contributed by atoms with E-state index in [1.165, 1.54) is 19.2 Å². The monoisotopic (exact) mass is 526 g/mol. The van der Waals surface area contributed by atoms with E-state index < -0.39 is 11.7 Å². The Bertz CT molecular complexity index is 1240. The molecule has 0 aromatic heterocycles. The smallest absolute Gasteiger partial charge is 0.416 e. The molecule has 2 heterocycles. The summed E-state index contributed by atoms with van der Waals surface area (Å²) in [5.74, 6) is 1.02. The molecule has 38 heavy (non-hydrogen) atoms. The van der Waals surface area contributed by atoms with Crippen molar-refractivity contribution in [1.29, 1.82) is 5.26 Å². The number of ether oxygens (including phenoxy) is 2. The molecule has 202 valence electrons. The van der Waals surface area contributed by atoms with Gasteiger partial charge < -0.3 is 9.47 Å². The first-order chi connectivity index (χ1) is 18.1. The number of hydrogen-bond acceptors (Lipinski definition) is 5. The standard InChI is InChI=1S/C30H33F3N2O3/c1-19(28(36)37-2)27(22-5-6-22)23-7-4-21-9-10-29(38-26(21)16-23)11-13-35(14-12-29)18-24-15-20(17-34)3-8-25(24)30(31,32)33/h3-4,7-8,15-16,19,22,27H,5-6,9-14,18H2,1-2H3. The van der Waals surface area contributed by atoms with Crippen molar-refractivity contribution in [2.75, 3.05) is 20.2 Å². The number of fused-ring (bicyclic) bond motifs is 1. The Hall–Kier alpha value is -3.05. The van der Waals surface area contributed by atoms with E-state index in [0.717, 1.165) is 61.5 Å². The van der Waals surface area contributed by atoms with Gasteiger partial charge in [-0.3, -0.25) is 9.69 Å². The van der Waals surface area contributed by atoms with Crippen molar-refractivity contribution >= 4 is 5.97 Å². The summed E-state index contributed by atoms with van der Waals surface area (Å²) in [6.45, 7) is 3.32. The van der Waals surface area contributed by atoms with Gasteiger partial charge in [0, 0.05) is 19.6 Å². The topological polar surface area (TPSA) is 62.6 Å². The third-order valence-corrected chi connectivity index (χ3v) is 8.60. The molecule has 0 N–H and O–H groups in total. The van der Waals surface area contributed by atoms with Gasteiger partial charge in [0.25, 0.3) is 0 Å². The largest absolute Gasteiger partial charge is 0.487 e. The van der Waals surface area contributed by atoms with E-state index in [2.05, 4.69) is 18.2 Å². The Labute approximate surface area is 221 Å². The molecule has 8 heteroatoms. The first-order valence-electron chi connectivity index (χ1n) is 13.3. The van der Waals surface area contributed by atoms with E-state index in [4.69, 9.17) is 9.47 Å². The zero-order chi connectivity index (χ0) is 27.1. The summed E-state index contributed by atoms with van der Waals surface area (Å²) in [7, 11) is 1.43. The van der Waals surface area contributed by atoms with Crippen LogP contribution in [-0.2, 0) is 28.7 Å². The highest BCUT2D eigenvalue weighted by Crippen LogP contribution is 2.49. The van der Waals surface area contributed by atoms with Crippen LogP contribution in [0.4, 0.5) is 13.2 Å². The van der Waals surface area contributed by atoms with Crippen LogP contribution in [-0.4, -0.2) is 36.7 Å². The molecular formula is C30H33F3N2O3. The molecule has 1 aliphatic carbocycles. The molecule has 2 unspecified atom stereocenters. The predicted molar refractivity (Wildman–Crippen MR) is 135 cm³/mol. The molecule has 2 fully saturated rings. The van der Waals surface area contributed by atoms with E-state index in [9.17, 15) is 23.2 Å². The summed E-state index contributed by atoms with van der Waals surface area (Å²) >= 11 is 0. The van der Waals surface area contributed by atoms with Crippen LogP contribution in [0, 0.1) is 23.2 Å². The summed E-state index contributed by atoms with van der Waals surface area (Å²) in [6.07, 6.45) is 0.960. The highest BCUT2D eigenvalue weighted by atomic mass is 19.4. The van der Waals surface area contributed by atoms with Crippen LogP contribution in [0.25, 0.3) is 0 Å². The average molecular weight is 527 g/mol. The third kappa shape index (κ3) is 5.40. The maximum absolute atomic E-state index is 13.6. The number of alkyl halides is 3. The van der Waals surface area contributed by atoms with E-state index >= 15 is 0 Å². The number of nitriles is 1. The second-order valence-corrected chi connectivity index (χ2v) is 11.1. The van der Waals surface area contributed by atoms with Crippen LogP contribution < -0.4 is 4.74 Å². The summed E-state index contributed by atoms with van der Waals surface area (Å²) < 4.78 is 52.4. The fourth-order valence-electron chi connectivity index (χ4n) is 6.27. The van der Waals surface area contributed by atoms with Gasteiger partial charge in [-0.1, -0.05) is 19.1 Å². The SMILES string of the molecule is COC(=O)C(C)C(c1ccc2c(c1)OC1(CC2)CCN(Cc2cc(C#N)ccc2C(F)(F)F)CC1)C1CC1. The summed E-state index contributed by atoms with van der Waals surface area (Å²) in [5, 5.41) is 9.18. The van der Waals surface area contributed by atoms with Gasteiger partial charge in [-0.25, -0.2) is 0 Å². The second-order valence-electron chi connectivity index (χ2n) is 11.1. The molecule has 2 aromatic rings. The fourth-order valence-corrected chi connectivity index (χ4v) is 6.27. The zero-order valence-electron chi connectivity index (χ0n) is 21.8. The van der Waals surface area contributed by atoms with Crippen LogP contribution in [0.5, 0.6) is 5.75 Å². The lowest BCUT2D eigenvalue weighted by atomic mass is 9.80. The molecule has 1 spiro atoms. The van der Waals surface area contributed by atoms with E-state index in [1.807, 2.05) is 17.9 Å². The van der Waals surface area contributed by atoms with Crippen molar-refractivity contribution in [3.8, 4) is 11.8 Å². The Morgan fingerprint density at radius 2 is 1.92 bits per heavy atom. The van der Waals surface area contributed by atoms with Crippen LogP contribution in [0.2, 0.25) is 0 Å². The van der Waals surface area contributed by atoms with Gasteiger partial charge in [-0.15, -0.1) is 0 Å². The molecule has 1 saturated heterocycles.